The van der Waals surface area contributed by atoms with E-state index >= 15 is 0 Å². The number of methoxy groups -OCH3 is 1. The van der Waals surface area contributed by atoms with Crippen molar-refractivity contribution in [1.29, 1.82) is 0 Å². The standard InChI is InChI=1S/C25H24N6O4S/c1-35-19-10-8-18(9-11-19)31-21(13-17-14-22(32)27-24(34)26-17)28-29-25(31)36-15-23(33)30-12-4-6-16-5-2-3-7-20(16)30/h2-3,5,7-11,14H,4,6,12-13,15H2,1H3,(H2,26,27,32,34). The Hall–Kier alpha value is -4.12. The van der Waals surface area contributed by atoms with Crippen LogP contribution in [0.4, 0.5) is 5.69 Å². The Morgan fingerprint density at radius 2 is 1.89 bits per heavy atom. The minimum atomic E-state index is -0.588. The molecule has 11 heteroatoms. The molecule has 0 unspecified atom stereocenters. The van der Waals surface area contributed by atoms with Gasteiger partial charge in [-0.25, -0.2) is 4.79 Å². The van der Waals surface area contributed by atoms with E-state index in [9.17, 15) is 14.4 Å². The Kier molecular flexibility index (Phi) is 6.72. The normalized spacial score (nSPS) is 12.9. The van der Waals surface area contributed by atoms with Crippen LogP contribution >= 0.6 is 11.8 Å². The monoisotopic (exact) mass is 504 g/mol. The van der Waals surface area contributed by atoms with E-state index in [1.807, 2.05) is 51.9 Å². The lowest BCUT2D eigenvalue weighted by Gasteiger charge is -2.29. The number of anilines is 1. The van der Waals surface area contributed by atoms with Crippen LogP contribution in [0.1, 0.15) is 23.5 Å². The van der Waals surface area contributed by atoms with E-state index in [1.54, 1.807) is 7.11 Å². The maximum Gasteiger partial charge on any atom is 0.325 e. The second-order valence-corrected chi connectivity index (χ2v) is 9.23. The highest BCUT2D eigenvalue weighted by Crippen LogP contribution is 2.29. The molecular weight excluding hydrogens is 480 g/mol. The van der Waals surface area contributed by atoms with Crippen molar-refractivity contribution in [3.8, 4) is 11.4 Å². The highest BCUT2D eigenvalue weighted by molar-refractivity contribution is 7.99. The number of hydrogen-bond donors (Lipinski definition) is 2. The fraction of sp³-hybridized carbons (Fsp3) is 0.240. The summed E-state index contributed by atoms with van der Waals surface area (Å²) in [5.41, 5.74) is 2.23. The largest absolute Gasteiger partial charge is 0.497 e. The molecule has 0 aliphatic carbocycles. The molecule has 0 saturated heterocycles. The summed E-state index contributed by atoms with van der Waals surface area (Å²) in [4.78, 5) is 43.3. The van der Waals surface area contributed by atoms with Crippen molar-refractivity contribution in [1.82, 2.24) is 24.7 Å². The van der Waals surface area contributed by atoms with Crippen molar-refractivity contribution >= 4 is 23.4 Å². The van der Waals surface area contributed by atoms with Crippen molar-refractivity contribution in [2.75, 3.05) is 24.3 Å². The van der Waals surface area contributed by atoms with Crippen LogP contribution in [0.2, 0.25) is 0 Å². The van der Waals surface area contributed by atoms with Crippen LogP contribution in [0.25, 0.3) is 5.69 Å². The summed E-state index contributed by atoms with van der Waals surface area (Å²) in [7, 11) is 1.59. The van der Waals surface area contributed by atoms with E-state index in [0.29, 0.717) is 29.0 Å². The summed E-state index contributed by atoms with van der Waals surface area (Å²) in [6.07, 6.45) is 2.06. The average molecular weight is 505 g/mol. The Morgan fingerprint density at radius 3 is 2.67 bits per heavy atom. The lowest BCUT2D eigenvalue weighted by Crippen LogP contribution is -2.36. The number of amides is 1. The number of benzene rings is 2. The van der Waals surface area contributed by atoms with Crippen LogP contribution in [-0.2, 0) is 17.6 Å². The minimum Gasteiger partial charge on any atom is -0.497 e. The van der Waals surface area contributed by atoms with Gasteiger partial charge in [-0.15, -0.1) is 10.2 Å². The molecule has 184 valence electrons. The van der Waals surface area contributed by atoms with Gasteiger partial charge in [0.1, 0.15) is 11.6 Å². The number of carbonyl (C=O) groups is 1. The van der Waals surface area contributed by atoms with E-state index in [0.717, 1.165) is 24.2 Å². The smallest absolute Gasteiger partial charge is 0.325 e. The number of H-pyrrole nitrogens is 2. The third-order valence-corrected chi connectivity index (χ3v) is 6.85. The molecule has 0 fully saturated rings. The first-order valence-corrected chi connectivity index (χ1v) is 12.4. The minimum absolute atomic E-state index is 0.00287. The molecule has 4 aromatic rings. The van der Waals surface area contributed by atoms with Crippen LogP contribution < -0.4 is 20.9 Å². The topological polar surface area (TPSA) is 126 Å². The van der Waals surface area contributed by atoms with Crippen LogP contribution in [0, 0.1) is 0 Å². The van der Waals surface area contributed by atoms with E-state index in [2.05, 4.69) is 26.2 Å². The van der Waals surface area contributed by atoms with E-state index in [4.69, 9.17) is 4.74 Å². The van der Waals surface area contributed by atoms with Gasteiger partial charge in [-0.1, -0.05) is 30.0 Å². The zero-order valence-corrected chi connectivity index (χ0v) is 20.4. The maximum atomic E-state index is 13.2. The highest BCUT2D eigenvalue weighted by atomic mass is 32.2. The number of carbonyl (C=O) groups excluding carboxylic acids is 1. The van der Waals surface area contributed by atoms with Crippen LogP contribution in [0.15, 0.2) is 69.3 Å². The molecule has 2 aromatic heterocycles. The average Bonchev–Trinajstić information content (AvgIpc) is 3.28. The molecule has 36 heavy (non-hydrogen) atoms. The molecule has 2 N–H and O–H groups in total. The number of aryl methyl sites for hydroxylation is 1. The molecule has 0 radical (unpaired) electrons. The zero-order valence-electron chi connectivity index (χ0n) is 19.6. The summed E-state index contributed by atoms with van der Waals surface area (Å²) >= 11 is 1.29. The van der Waals surface area contributed by atoms with Crippen molar-refractivity contribution in [3.63, 3.8) is 0 Å². The SMILES string of the molecule is COc1ccc(-n2c(Cc3cc(=O)[nH]c(=O)[nH]3)nnc2SCC(=O)N2CCCc3ccccc32)cc1. The second-order valence-electron chi connectivity index (χ2n) is 8.29. The van der Waals surface area contributed by atoms with E-state index < -0.39 is 11.2 Å². The molecule has 0 spiro atoms. The van der Waals surface area contributed by atoms with Gasteiger partial charge < -0.3 is 14.6 Å². The van der Waals surface area contributed by atoms with Gasteiger partial charge in [0.15, 0.2) is 5.16 Å². The fourth-order valence-electron chi connectivity index (χ4n) is 4.28. The number of ether oxygens (including phenoxy) is 1. The summed E-state index contributed by atoms with van der Waals surface area (Å²) in [6, 6.07) is 16.7. The van der Waals surface area contributed by atoms with Gasteiger partial charge >= 0.3 is 5.69 Å². The van der Waals surface area contributed by atoms with Gasteiger partial charge in [0.25, 0.3) is 5.56 Å². The number of fused-ring (bicyclic) bond motifs is 1. The number of para-hydroxylation sites is 1. The van der Waals surface area contributed by atoms with Gasteiger partial charge in [0, 0.05) is 36.1 Å². The molecule has 0 atom stereocenters. The predicted octanol–water partition coefficient (Wildman–Crippen LogP) is 2.31. The van der Waals surface area contributed by atoms with Crippen LogP contribution in [0.5, 0.6) is 5.75 Å². The Labute approximate surface area is 210 Å². The zero-order chi connectivity index (χ0) is 25.1. The maximum absolute atomic E-state index is 13.2. The first-order chi connectivity index (χ1) is 17.5. The molecule has 5 rings (SSSR count). The van der Waals surface area contributed by atoms with Gasteiger partial charge in [-0.05, 0) is 48.7 Å². The number of hydrogen-bond acceptors (Lipinski definition) is 7. The summed E-state index contributed by atoms with van der Waals surface area (Å²) in [5, 5.41) is 9.18. The number of rotatable bonds is 7. The highest BCUT2D eigenvalue weighted by Gasteiger charge is 2.24. The molecule has 2 aromatic carbocycles. The van der Waals surface area contributed by atoms with Crippen molar-refractivity contribution in [2.24, 2.45) is 0 Å². The molecule has 0 bridgehead atoms. The van der Waals surface area contributed by atoms with E-state index in [-0.39, 0.29) is 18.1 Å². The molecular formula is C25H24N6O4S. The van der Waals surface area contributed by atoms with Crippen molar-refractivity contribution < 1.29 is 9.53 Å². The first-order valence-electron chi connectivity index (χ1n) is 11.4. The number of aromatic amines is 2. The van der Waals surface area contributed by atoms with Gasteiger partial charge in [-0.2, -0.15) is 0 Å². The van der Waals surface area contributed by atoms with Gasteiger partial charge in [0.05, 0.1) is 12.9 Å². The third kappa shape index (κ3) is 4.96. The fourth-order valence-corrected chi connectivity index (χ4v) is 5.13. The lowest BCUT2D eigenvalue weighted by molar-refractivity contribution is -0.116. The van der Waals surface area contributed by atoms with Crippen LogP contribution in [-0.4, -0.2) is 50.0 Å². The van der Waals surface area contributed by atoms with Crippen LogP contribution in [0.3, 0.4) is 0 Å². The predicted molar refractivity (Wildman–Crippen MR) is 136 cm³/mol. The number of nitrogens with zero attached hydrogens (tertiary/aromatic N) is 4. The number of thioether (sulfide) groups is 1. The van der Waals surface area contributed by atoms with E-state index in [1.165, 1.54) is 23.4 Å². The van der Waals surface area contributed by atoms with Crippen molar-refractivity contribution in [2.45, 2.75) is 24.4 Å². The molecule has 1 aliphatic heterocycles. The third-order valence-electron chi connectivity index (χ3n) is 5.93. The number of aromatic nitrogens is 5. The van der Waals surface area contributed by atoms with Gasteiger partial charge in [-0.3, -0.25) is 19.1 Å². The quantitative estimate of drug-likeness (QED) is 0.370. The Bertz CT molecular complexity index is 1480. The summed E-state index contributed by atoms with van der Waals surface area (Å²) in [5.74, 6) is 1.39. The Morgan fingerprint density at radius 1 is 1.08 bits per heavy atom. The van der Waals surface area contributed by atoms with Gasteiger partial charge in [0.2, 0.25) is 5.91 Å². The summed E-state index contributed by atoms with van der Waals surface area (Å²) < 4.78 is 7.09. The summed E-state index contributed by atoms with van der Waals surface area (Å²) in [6.45, 7) is 0.683. The molecule has 3 heterocycles. The molecule has 0 saturated carbocycles. The Balaban J connectivity index is 1.43. The number of nitrogens with one attached hydrogen (secondary N) is 2. The van der Waals surface area contributed by atoms with Crippen molar-refractivity contribution in [3.05, 3.63) is 92.5 Å². The molecule has 1 amide bonds. The molecule has 10 nitrogen and oxygen atoms in total. The molecule has 1 aliphatic rings. The lowest BCUT2D eigenvalue weighted by atomic mass is 10.0. The first kappa shape index (κ1) is 23.6. The second kappa shape index (κ2) is 10.2.